The number of methoxy groups -OCH3 is 1. The molecule has 8 nitrogen and oxygen atoms in total. The molecule has 2 aliphatic rings. The lowest BCUT2D eigenvalue weighted by atomic mass is 10.1. The number of carbonyl (C=O) groups is 3. The quantitative estimate of drug-likeness (QED) is 0.309. The molecule has 3 atom stereocenters. The zero-order chi connectivity index (χ0) is 28.8. The number of nitrogens with zero attached hydrogens (tertiary/aromatic N) is 2. The molecule has 40 heavy (non-hydrogen) atoms. The lowest BCUT2D eigenvalue weighted by Crippen LogP contribution is -2.59. The van der Waals surface area contributed by atoms with Gasteiger partial charge >= 0.3 is 5.97 Å². The van der Waals surface area contributed by atoms with Crippen molar-refractivity contribution < 1.29 is 23.7 Å². The van der Waals surface area contributed by atoms with E-state index in [1.807, 2.05) is 66.9 Å². The normalized spacial score (nSPS) is 21.8. The van der Waals surface area contributed by atoms with Gasteiger partial charge in [0.1, 0.15) is 13.2 Å². The van der Waals surface area contributed by atoms with Gasteiger partial charge in [0, 0.05) is 25.4 Å². The maximum Gasteiger partial charge on any atom is 0.339 e. The summed E-state index contributed by atoms with van der Waals surface area (Å²) in [5, 5.41) is -1.62. The van der Waals surface area contributed by atoms with Crippen LogP contribution in [-0.2, 0) is 36.0 Å². The van der Waals surface area contributed by atoms with Gasteiger partial charge in [0.15, 0.2) is 5.28 Å². The van der Waals surface area contributed by atoms with Gasteiger partial charge < -0.3 is 24.8 Å². The average molecular weight is 586 g/mol. The van der Waals surface area contributed by atoms with Crippen LogP contribution in [0.3, 0.4) is 0 Å². The van der Waals surface area contributed by atoms with Gasteiger partial charge in [0.05, 0.1) is 13.2 Å². The van der Waals surface area contributed by atoms with Gasteiger partial charge in [-0.3, -0.25) is 9.59 Å². The summed E-state index contributed by atoms with van der Waals surface area (Å²) in [5.41, 5.74) is 7.89. The van der Waals surface area contributed by atoms with Gasteiger partial charge in [0.25, 0.3) is 0 Å². The molecule has 4 rings (SSSR count). The first kappa shape index (κ1) is 30.4. The van der Waals surface area contributed by atoms with Crippen molar-refractivity contribution >= 4 is 36.7 Å². The van der Waals surface area contributed by atoms with E-state index in [1.54, 1.807) is 16.7 Å². The molecule has 2 aromatic rings. The maximum absolute atomic E-state index is 15.5. The molecule has 0 unspecified atom stereocenters. The summed E-state index contributed by atoms with van der Waals surface area (Å²) in [6.45, 7) is 0.714. The van der Waals surface area contributed by atoms with Crippen LogP contribution in [0.4, 0.5) is 0 Å². The minimum absolute atomic E-state index is 0.147. The van der Waals surface area contributed by atoms with Crippen molar-refractivity contribution in [2.75, 3.05) is 32.2 Å². The highest BCUT2D eigenvalue weighted by atomic mass is 32.2. The molecule has 0 radical (unpaired) electrons. The molecular formula is C30H40N3O5PS. The molecule has 2 aromatic carbocycles. The minimum atomic E-state index is -3.54. The second kappa shape index (κ2) is 13.4. The molecule has 2 N–H and O–H groups in total. The van der Waals surface area contributed by atoms with Crippen molar-refractivity contribution in [2.24, 2.45) is 5.73 Å². The van der Waals surface area contributed by atoms with E-state index in [0.29, 0.717) is 32.2 Å². The fourth-order valence-electron chi connectivity index (χ4n) is 6.18. The molecular weight excluding hydrogens is 545 g/mol. The van der Waals surface area contributed by atoms with Crippen LogP contribution in [0.15, 0.2) is 60.7 Å². The largest absolute Gasteiger partial charge is 0.467 e. The van der Waals surface area contributed by atoms with E-state index in [1.165, 1.54) is 12.0 Å². The summed E-state index contributed by atoms with van der Waals surface area (Å²) in [7, 11) is -2.25. The van der Waals surface area contributed by atoms with Crippen molar-refractivity contribution in [3.05, 3.63) is 71.8 Å². The number of ether oxygens (including phenoxy) is 1. The lowest BCUT2D eigenvalue weighted by Gasteiger charge is -2.43. The summed E-state index contributed by atoms with van der Waals surface area (Å²) < 4.78 is 20.8. The lowest BCUT2D eigenvalue weighted by molar-refractivity contribution is -0.156. The molecule has 0 saturated carbocycles. The number of benzene rings is 2. The highest BCUT2D eigenvalue weighted by molar-refractivity contribution is 7.98. The molecule has 0 aromatic heterocycles. The Balaban J connectivity index is 1.75. The molecule has 2 amide bonds. The number of amides is 2. The molecule has 2 fully saturated rings. The Hall–Kier alpha value is -2.61. The van der Waals surface area contributed by atoms with E-state index in [2.05, 4.69) is 0 Å². The van der Waals surface area contributed by atoms with E-state index in [4.69, 9.17) is 10.5 Å². The van der Waals surface area contributed by atoms with Crippen molar-refractivity contribution in [3.8, 4) is 0 Å². The van der Waals surface area contributed by atoms with Gasteiger partial charge in [-0.2, -0.15) is 11.8 Å². The summed E-state index contributed by atoms with van der Waals surface area (Å²) in [6.07, 6.45) is 4.69. The first-order chi connectivity index (χ1) is 19.3. The second-order valence-electron chi connectivity index (χ2n) is 10.7. The fourth-order valence-corrected chi connectivity index (χ4v) is 10.5. The number of nitrogens with two attached hydrogens (primary N) is 1. The van der Waals surface area contributed by atoms with Crippen LogP contribution in [0.1, 0.15) is 43.2 Å². The Labute approximate surface area is 241 Å². The standard InChI is InChI=1S/C30H40N3O5PS/c1-38-29(36)30(39(37,21-23-11-5-3-6-12-23)22-24-13-7-4-8-14-24)17-10-19-33(30)28(35)26-15-9-18-32(26)27(34)25(31)16-20-40-2/h3-8,11-14,25-26H,9-10,15-22,31H2,1-2H3/t25-,26-,30+/m0/s1. The van der Waals surface area contributed by atoms with Gasteiger partial charge in [-0.1, -0.05) is 60.7 Å². The predicted octanol–water partition coefficient (Wildman–Crippen LogP) is 4.31. The molecule has 0 spiro atoms. The number of rotatable bonds is 11. The monoisotopic (exact) mass is 585 g/mol. The number of likely N-dealkylation sites (tertiary alicyclic amines) is 2. The number of thioether (sulfide) groups is 1. The molecule has 2 heterocycles. The average Bonchev–Trinajstić information content (AvgIpc) is 3.65. The van der Waals surface area contributed by atoms with Gasteiger partial charge in [-0.15, -0.1) is 0 Å². The zero-order valence-electron chi connectivity index (χ0n) is 23.4. The third kappa shape index (κ3) is 6.02. The second-order valence-corrected chi connectivity index (χ2v) is 14.8. The maximum atomic E-state index is 15.5. The van der Waals surface area contributed by atoms with Crippen LogP contribution in [-0.4, -0.2) is 77.2 Å². The van der Waals surface area contributed by atoms with Crippen molar-refractivity contribution in [1.29, 1.82) is 0 Å². The number of esters is 1. The van der Waals surface area contributed by atoms with Crippen molar-refractivity contribution in [3.63, 3.8) is 0 Å². The molecule has 0 aliphatic carbocycles. The van der Waals surface area contributed by atoms with Crippen LogP contribution in [0.25, 0.3) is 0 Å². The molecule has 10 heteroatoms. The third-order valence-electron chi connectivity index (χ3n) is 8.14. The van der Waals surface area contributed by atoms with Gasteiger partial charge in [-0.05, 0) is 55.2 Å². The number of hydrogen-bond donors (Lipinski definition) is 1. The van der Waals surface area contributed by atoms with Crippen LogP contribution < -0.4 is 5.73 Å². The summed E-state index contributed by atoms with van der Waals surface area (Å²) in [5.74, 6) is -0.489. The van der Waals surface area contributed by atoms with Crippen LogP contribution in [0.5, 0.6) is 0 Å². The summed E-state index contributed by atoms with van der Waals surface area (Å²) in [4.78, 5) is 44.6. The van der Waals surface area contributed by atoms with Gasteiger partial charge in [0.2, 0.25) is 11.8 Å². The number of carbonyl (C=O) groups excluding carboxylic acids is 3. The molecule has 0 bridgehead atoms. The summed E-state index contributed by atoms with van der Waals surface area (Å²) in [6, 6.07) is 17.5. The first-order valence-corrected chi connectivity index (χ1v) is 17.4. The van der Waals surface area contributed by atoms with E-state index in [9.17, 15) is 14.4 Å². The Morgan fingerprint density at radius 2 is 1.62 bits per heavy atom. The number of hydrogen-bond acceptors (Lipinski definition) is 7. The topological polar surface area (TPSA) is 110 Å². The fraction of sp³-hybridized carbons (Fsp3) is 0.500. The third-order valence-corrected chi connectivity index (χ3v) is 12.5. The Morgan fingerprint density at radius 1 is 1.02 bits per heavy atom. The van der Waals surface area contributed by atoms with E-state index in [0.717, 1.165) is 16.9 Å². The molecule has 2 aliphatic heterocycles. The highest BCUT2D eigenvalue weighted by Crippen LogP contribution is 2.67. The summed E-state index contributed by atoms with van der Waals surface area (Å²) >= 11 is 1.62. The molecule has 2 saturated heterocycles. The smallest absolute Gasteiger partial charge is 0.339 e. The molecule has 216 valence electrons. The van der Waals surface area contributed by atoms with Crippen LogP contribution in [0, 0.1) is 0 Å². The van der Waals surface area contributed by atoms with Crippen LogP contribution in [0.2, 0.25) is 0 Å². The zero-order valence-corrected chi connectivity index (χ0v) is 25.1. The first-order valence-electron chi connectivity index (χ1n) is 13.9. The van der Waals surface area contributed by atoms with Crippen molar-refractivity contribution in [2.45, 2.75) is 61.8 Å². The minimum Gasteiger partial charge on any atom is -0.467 e. The van der Waals surface area contributed by atoms with Crippen LogP contribution >= 0.6 is 18.9 Å². The van der Waals surface area contributed by atoms with E-state index >= 15 is 4.57 Å². The van der Waals surface area contributed by atoms with E-state index in [-0.39, 0.29) is 37.1 Å². The van der Waals surface area contributed by atoms with E-state index < -0.39 is 30.5 Å². The van der Waals surface area contributed by atoms with Crippen molar-refractivity contribution in [1.82, 2.24) is 9.80 Å². The SMILES string of the molecule is COC(=O)[C@]1(P(=O)(Cc2ccccc2)Cc2ccccc2)CCCN1C(=O)[C@@H]1CCCN1C(=O)[C@@H](N)CCSC. The highest BCUT2D eigenvalue weighted by Gasteiger charge is 2.63. The Morgan fingerprint density at radius 3 is 2.17 bits per heavy atom. The Kier molecular flexibility index (Phi) is 10.1. The predicted molar refractivity (Wildman–Crippen MR) is 159 cm³/mol. The Bertz CT molecular complexity index is 1180. The van der Waals surface area contributed by atoms with Gasteiger partial charge in [-0.25, -0.2) is 4.79 Å².